The Balaban J connectivity index is 2.11. The van der Waals surface area contributed by atoms with Gasteiger partial charge in [-0.3, -0.25) is 14.3 Å². The Morgan fingerprint density at radius 1 is 1.08 bits per heavy atom. The molecule has 0 unspecified atom stereocenters. The first-order valence-corrected chi connectivity index (χ1v) is 8.16. The maximum absolute atomic E-state index is 12.1. The van der Waals surface area contributed by atoms with Crippen molar-refractivity contribution in [3.05, 3.63) is 91.6 Å². The van der Waals surface area contributed by atoms with Gasteiger partial charge in [-0.1, -0.05) is 41.9 Å². The van der Waals surface area contributed by atoms with Gasteiger partial charge in [0.25, 0.3) is 5.56 Å². The van der Waals surface area contributed by atoms with Crippen molar-refractivity contribution in [2.24, 2.45) is 0 Å². The lowest BCUT2D eigenvalue weighted by molar-refractivity contribution is 0.432. The fraction of sp³-hybridized carbons (Fsp3) is 0. The Hall–Kier alpha value is -2.85. The first kappa shape index (κ1) is 17.0. The molecule has 0 aliphatic heterocycles. The molecule has 0 saturated carbocycles. The second-order valence-corrected chi connectivity index (χ2v) is 6.00. The molecule has 4 nitrogen and oxygen atoms in total. The number of H-pyrrole nitrogens is 1. The van der Waals surface area contributed by atoms with Gasteiger partial charge >= 0.3 is 0 Å². The molecule has 25 heavy (non-hydrogen) atoms. The SMILES string of the molecule is O=c1[nH]c(=S)n(-c2ccc(Cl)cc2)c(O)c1C=C=Cc1ccccc1. The van der Waals surface area contributed by atoms with E-state index in [0.29, 0.717) is 10.7 Å². The number of hydrogen-bond acceptors (Lipinski definition) is 3. The van der Waals surface area contributed by atoms with Crippen molar-refractivity contribution in [2.45, 2.75) is 0 Å². The molecule has 1 aromatic heterocycles. The van der Waals surface area contributed by atoms with Crippen molar-refractivity contribution in [1.82, 2.24) is 9.55 Å². The van der Waals surface area contributed by atoms with Crippen LogP contribution in [0.3, 0.4) is 0 Å². The van der Waals surface area contributed by atoms with Gasteiger partial charge in [0.05, 0.1) is 5.69 Å². The molecule has 2 aromatic carbocycles. The van der Waals surface area contributed by atoms with Crippen molar-refractivity contribution < 1.29 is 5.11 Å². The zero-order valence-corrected chi connectivity index (χ0v) is 14.5. The highest BCUT2D eigenvalue weighted by Crippen LogP contribution is 2.21. The molecule has 0 saturated heterocycles. The lowest BCUT2D eigenvalue weighted by Gasteiger charge is -2.11. The summed E-state index contributed by atoms with van der Waals surface area (Å²) in [5.74, 6) is -0.259. The molecule has 0 atom stereocenters. The number of nitrogens with zero attached hydrogens (tertiary/aromatic N) is 1. The summed E-state index contributed by atoms with van der Waals surface area (Å²) in [5, 5.41) is 11.1. The van der Waals surface area contributed by atoms with E-state index in [4.69, 9.17) is 23.8 Å². The van der Waals surface area contributed by atoms with E-state index in [1.165, 1.54) is 10.6 Å². The van der Waals surface area contributed by atoms with E-state index in [9.17, 15) is 9.90 Å². The molecule has 0 amide bonds. The quantitative estimate of drug-likeness (QED) is 0.525. The minimum atomic E-state index is -0.485. The van der Waals surface area contributed by atoms with Crippen molar-refractivity contribution in [3.8, 4) is 11.6 Å². The number of aromatic hydroxyl groups is 1. The molecule has 1 heterocycles. The van der Waals surface area contributed by atoms with E-state index in [1.54, 1.807) is 30.3 Å². The molecule has 2 N–H and O–H groups in total. The van der Waals surface area contributed by atoms with Gasteiger partial charge in [-0.25, -0.2) is 0 Å². The highest BCUT2D eigenvalue weighted by Gasteiger charge is 2.11. The van der Waals surface area contributed by atoms with Crippen molar-refractivity contribution >= 4 is 36.0 Å². The summed E-state index contributed by atoms with van der Waals surface area (Å²) in [5.41, 5.74) is 4.01. The molecule has 124 valence electrons. The lowest BCUT2D eigenvalue weighted by Crippen LogP contribution is -2.15. The summed E-state index contributed by atoms with van der Waals surface area (Å²) >= 11 is 11.0. The van der Waals surface area contributed by atoms with Gasteiger partial charge in [-0.15, -0.1) is 5.73 Å². The molecule has 0 fully saturated rings. The van der Waals surface area contributed by atoms with Crippen LogP contribution in [0, 0.1) is 4.77 Å². The highest BCUT2D eigenvalue weighted by molar-refractivity contribution is 7.71. The van der Waals surface area contributed by atoms with Crippen LogP contribution < -0.4 is 5.56 Å². The summed E-state index contributed by atoms with van der Waals surface area (Å²) < 4.78 is 1.46. The van der Waals surface area contributed by atoms with Crippen LogP contribution >= 0.6 is 23.8 Å². The summed E-state index contributed by atoms with van der Waals surface area (Å²) in [7, 11) is 0. The van der Waals surface area contributed by atoms with Crippen LogP contribution in [0.5, 0.6) is 5.88 Å². The number of benzene rings is 2. The Morgan fingerprint density at radius 3 is 2.44 bits per heavy atom. The van der Waals surface area contributed by atoms with Crippen LogP contribution in [0.15, 0.2) is 65.1 Å². The van der Waals surface area contributed by atoms with Crippen LogP contribution in [0.25, 0.3) is 17.8 Å². The summed E-state index contributed by atoms with van der Waals surface area (Å²) in [6.07, 6.45) is 3.13. The predicted molar refractivity (Wildman–Crippen MR) is 103 cm³/mol. The molecule has 0 aliphatic carbocycles. The van der Waals surface area contributed by atoms with Crippen molar-refractivity contribution in [2.75, 3.05) is 0 Å². The fourth-order valence-corrected chi connectivity index (χ4v) is 2.68. The maximum Gasteiger partial charge on any atom is 0.263 e. The van der Waals surface area contributed by atoms with E-state index >= 15 is 0 Å². The summed E-state index contributed by atoms with van der Waals surface area (Å²) in [6, 6.07) is 16.3. The summed E-state index contributed by atoms with van der Waals surface area (Å²) in [4.78, 5) is 14.7. The standard InChI is InChI=1S/C19H13ClN2O2S/c20-14-9-11-15(12-10-14)22-18(24)16(17(23)21-19(22)25)8-4-7-13-5-2-1-3-6-13/h1-3,5-12,24H,(H,21,23,25). The van der Waals surface area contributed by atoms with E-state index < -0.39 is 5.56 Å². The number of halogens is 1. The van der Waals surface area contributed by atoms with Gasteiger partial charge in [-0.05, 0) is 54.2 Å². The number of aromatic nitrogens is 2. The van der Waals surface area contributed by atoms with E-state index in [0.717, 1.165) is 5.56 Å². The Labute approximate surface area is 154 Å². The average molecular weight is 369 g/mol. The van der Waals surface area contributed by atoms with Gasteiger partial charge in [0.1, 0.15) is 5.56 Å². The average Bonchev–Trinajstić information content (AvgIpc) is 2.60. The van der Waals surface area contributed by atoms with Gasteiger partial charge in [-0.2, -0.15) is 0 Å². The van der Waals surface area contributed by atoms with Crippen LogP contribution in [0.1, 0.15) is 11.1 Å². The first-order valence-electron chi connectivity index (χ1n) is 7.38. The molecule has 3 rings (SSSR count). The first-order chi connectivity index (χ1) is 12.1. The van der Waals surface area contributed by atoms with Crippen molar-refractivity contribution in [3.63, 3.8) is 0 Å². The Morgan fingerprint density at radius 2 is 1.76 bits per heavy atom. The predicted octanol–water partition coefficient (Wildman–Crippen LogP) is 4.58. The third-order valence-electron chi connectivity index (χ3n) is 3.48. The van der Waals surface area contributed by atoms with E-state index in [1.807, 2.05) is 30.3 Å². The van der Waals surface area contributed by atoms with Crippen LogP contribution in [-0.4, -0.2) is 14.7 Å². The highest BCUT2D eigenvalue weighted by atomic mass is 35.5. The Kier molecular flexibility index (Phi) is 5.00. The number of hydrogen-bond donors (Lipinski definition) is 2. The lowest BCUT2D eigenvalue weighted by atomic mass is 10.2. The number of aromatic amines is 1. The molecular weight excluding hydrogens is 356 g/mol. The van der Waals surface area contributed by atoms with E-state index in [2.05, 4.69) is 10.7 Å². The zero-order chi connectivity index (χ0) is 17.8. The smallest absolute Gasteiger partial charge is 0.263 e. The zero-order valence-electron chi connectivity index (χ0n) is 12.9. The maximum atomic E-state index is 12.1. The molecule has 0 radical (unpaired) electrons. The van der Waals surface area contributed by atoms with E-state index in [-0.39, 0.29) is 16.2 Å². The second kappa shape index (κ2) is 7.36. The largest absolute Gasteiger partial charge is 0.494 e. The molecule has 3 aromatic rings. The third-order valence-corrected chi connectivity index (χ3v) is 4.02. The minimum Gasteiger partial charge on any atom is -0.494 e. The van der Waals surface area contributed by atoms with Crippen LogP contribution in [0.2, 0.25) is 5.02 Å². The van der Waals surface area contributed by atoms with Crippen molar-refractivity contribution in [1.29, 1.82) is 0 Å². The van der Waals surface area contributed by atoms with Gasteiger partial charge < -0.3 is 5.11 Å². The molecule has 6 heteroatoms. The molecular formula is C19H13ClN2O2S. The number of rotatable bonds is 3. The monoisotopic (exact) mass is 368 g/mol. The normalized spacial score (nSPS) is 10.1. The topological polar surface area (TPSA) is 58.0 Å². The molecule has 0 bridgehead atoms. The molecule has 0 spiro atoms. The molecule has 0 aliphatic rings. The van der Waals surface area contributed by atoms with Gasteiger partial charge in [0.2, 0.25) is 5.88 Å². The third kappa shape index (κ3) is 3.80. The number of nitrogens with one attached hydrogen (secondary N) is 1. The minimum absolute atomic E-state index is 0.0655. The van der Waals surface area contributed by atoms with Crippen LogP contribution in [-0.2, 0) is 0 Å². The van der Waals surface area contributed by atoms with Crippen LogP contribution in [0.4, 0.5) is 0 Å². The summed E-state index contributed by atoms with van der Waals surface area (Å²) in [6.45, 7) is 0. The van der Waals surface area contributed by atoms with Gasteiger partial charge in [0.15, 0.2) is 4.77 Å². The Bertz CT molecular complexity index is 1080. The van der Waals surface area contributed by atoms with Gasteiger partial charge in [0, 0.05) is 5.02 Å². The fourth-order valence-electron chi connectivity index (χ4n) is 2.27. The second-order valence-electron chi connectivity index (χ2n) is 5.17.